The quantitative estimate of drug-likeness (QED) is 0.693. The molecule has 1 fully saturated rings. The first-order valence-corrected chi connectivity index (χ1v) is 10.5. The number of carbonyl (C=O) groups excluding carboxylic acids is 1. The number of aromatic nitrogens is 3. The zero-order valence-electron chi connectivity index (χ0n) is 15.1. The average molecular weight is 393 g/mol. The molecular weight excluding hydrogens is 368 g/mol. The van der Waals surface area contributed by atoms with Gasteiger partial charge in [-0.15, -0.1) is 10.2 Å². The normalized spacial score (nSPS) is 15.2. The highest BCUT2D eigenvalue weighted by Gasteiger charge is 2.16. The average Bonchev–Trinajstić information content (AvgIpc) is 2.99. The van der Waals surface area contributed by atoms with Gasteiger partial charge in [0.2, 0.25) is 5.91 Å². The van der Waals surface area contributed by atoms with E-state index in [0.717, 1.165) is 23.3 Å². The van der Waals surface area contributed by atoms with Crippen LogP contribution in [-0.2, 0) is 18.3 Å². The largest absolute Gasteiger partial charge is 0.325 e. The molecule has 1 aliphatic carbocycles. The maximum atomic E-state index is 12.1. The summed E-state index contributed by atoms with van der Waals surface area (Å²) in [5.41, 5.74) is 0.703. The van der Waals surface area contributed by atoms with Crippen LogP contribution in [0.3, 0.4) is 0 Å². The van der Waals surface area contributed by atoms with E-state index in [1.165, 1.54) is 50.3 Å². The summed E-state index contributed by atoms with van der Waals surface area (Å²) in [6.45, 7) is 0. The third kappa shape index (κ3) is 5.48. The Bertz CT molecular complexity index is 743. The molecule has 26 heavy (non-hydrogen) atoms. The summed E-state index contributed by atoms with van der Waals surface area (Å²) in [4.78, 5) is 12.1. The van der Waals surface area contributed by atoms with Crippen molar-refractivity contribution in [2.45, 2.75) is 50.1 Å². The molecule has 1 aromatic carbocycles. The summed E-state index contributed by atoms with van der Waals surface area (Å²) in [5.74, 6) is 2.05. The lowest BCUT2D eigenvalue weighted by atomic mass is 9.86. The summed E-state index contributed by atoms with van der Waals surface area (Å²) in [5, 5.41) is 12.8. The number of thioether (sulfide) groups is 1. The van der Waals surface area contributed by atoms with Gasteiger partial charge in [0, 0.05) is 24.2 Å². The van der Waals surface area contributed by atoms with E-state index in [4.69, 9.17) is 11.6 Å². The molecule has 0 aliphatic heterocycles. The molecule has 0 spiro atoms. The zero-order chi connectivity index (χ0) is 18.4. The van der Waals surface area contributed by atoms with Crippen LogP contribution in [0.15, 0.2) is 29.4 Å². The SMILES string of the molecule is Cn1c(CCC2CCCCC2)nnc1SCC(=O)Nc1cccc(Cl)c1. The van der Waals surface area contributed by atoms with Crippen LogP contribution in [0.5, 0.6) is 0 Å². The highest BCUT2D eigenvalue weighted by atomic mass is 35.5. The minimum atomic E-state index is -0.0796. The van der Waals surface area contributed by atoms with Gasteiger partial charge in [0.1, 0.15) is 5.82 Å². The third-order valence-electron chi connectivity index (χ3n) is 4.87. The second kappa shape index (κ2) is 9.42. The van der Waals surface area contributed by atoms with Crippen molar-refractivity contribution in [1.82, 2.24) is 14.8 Å². The monoisotopic (exact) mass is 392 g/mol. The van der Waals surface area contributed by atoms with E-state index in [1.807, 2.05) is 23.7 Å². The van der Waals surface area contributed by atoms with Gasteiger partial charge in [-0.1, -0.05) is 61.5 Å². The highest BCUT2D eigenvalue weighted by molar-refractivity contribution is 7.99. The number of hydrogen-bond acceptors (Lipinski definition) is 4. The van der Waals surface area contributed by atoms with Gasteiger partial charge < -0.3 is 9.88 Å². The standard InChI is InChI=1S/C19H25ClN4OS/c1-24-17(11-10-14-6-3-2-4-7-14)22-23-19(24)26-13-18(25)21-16-9-5-8-15(20)12-16/h5,8-9,12,14H,2-4,6-7,10-11,13H2,1H3,(H,21,25). The minimum Gasteiger partial charge on any atom is -0.325 e. The molecule has 0 saturated heterocycles. The van der Waals surface area contributed by atoms with Crippen molar-refractivity contribution in [3.63, 3.8) is 0 Å². The van der Waals surface area contributed by atoms with Crippen molar-refractivity contribution < 1.29 is 4.79 Å². The maximum absolute atomic E-state index is 12.1. The molecule has 1 aliphatic rings. The van der Waals surface area contributed by atoms with Crippen LogP contribution in [0.25, 0.3) is 0 Å². The van der Waals surface area contributed by atoms with Gasteiger partial charge >= 0.3 is 0 Å². The van der Waals surface area contributed by atoms with Crippen molar-refractivity contribution in [2.75, 3.05) is 11.1 Å². The van der Waals surface area contributed by atoms with E-state index >= 15 is 0 Å². The van der Waals surface area contributed by atoms with Gasteiger partial charge in [-0.25, -0.2) is 0 Å². The first kappa shape index (κ1) is 19.2. The van der Waals surface area contributed by atoms with Crippen LogP contribution < -0.4 is 5.32 Å². The molecule has 5 nitrogen and oxygen atoms in total. The van der Waals surface area contributed by atoms with Gasteiger partial charge in [-0.2, -0.15) is 0 Å². The lowest BCUT2D eigenvalue weighted by molar-refractivity contribution is -0.113. The predicted octanol–water partition coefficient (Wildman–Crippen LogP) is 4.71. The van der Waals surface area contributed by atoms with Gasteiger partial charge in [0.05, 0.1) is 5.75 Å². The number of carbonyl (C=O) groups is 1. The van der Waals surface area contributed by atoms with Crippen molar-refractivity contribution in [3.8, 4) is 0 Å². The molecule has 140 valence electrons. The van der Waals surface area contributed by atoms with E-state index in [1.54, 1.807) is 12.1 Å². The summed E-state index contributed by atoms with van der Waals surface area (Å²) in [6.07, 6.45) is 8.97. The van der Waals surface area contributed by atoms with Gasteiger partial charge in [-0.3, -0.25) is 4.79 Å². The van der Waals surface area contributed by atoms with Crippen molar-refractivity contribution in [2.24, 2.45) is 13.0 Å². The van der Waals surface area contributed by atoms with Gasteiger partial charge in [0.25, 0.3) is 0 Å². The number of anilines is 1. The number of rotatable bonds is 7. The number of nitrogens with one attached hydrogen (secondary N) is 1. The molecule has 0 unspecified atom stereocenters. The van der Waals surface area contributed by atoms with Crippen LogP contribution in [0, 0.1) is 5.92 Å². The van der Waals surface area contributed by atoms with E-state index < -0.39 is 0 Å². The molecular formula is C19H25ClN4OS. The summed E-state index contributed by atoms with van der Waals surface area (Å²) < 4.78 is 2.01. The minimum absolute atomic E-state index is 0.0796. The first-order valence-electron chi connectivity index (χ1n) is 9.18. The van der Waals surface area contributed by atoms with Gasteiger partial charge in [0.15, 0.2) is 5.16 Å². The lowest BCUT2D eigenvalue weighted by Gasteiger charge is -2.20. The summed E-state index contributed by atoms with van der Waals surface area (Å²) >= 11 is 7.34. The Kier molecular flexibility index (Phi) is 6.97. The first-order chi connectivity index (χ1) is 12.6. The molecule has 1 amide bonds. The fourth-order valence-corrected chi connectivity index (χ4v) is 4.31. The van der Waals surface area contributed by atoms with Crippen molar-refractivity contribution in [3.05, 3.63) is 35.1 Å². The molecule has 0 radical (unpaired) electrons. The molecule has 1 N–H and O–H groups in total. The molecule has 7 heteroatoms. The number of aryl methyl sites for hydroxylation is 1. The number of amides is 1. The highest BCUT2D eigenvalue weighted by Crippen LogP contribution is 2.27. The molecule has 0 atom stereocenters. The Labute approximate surface area is 163 Å². The van der Waals surface area contributed by atoms with Crippen LogP contribution in [0.4, 0.5) is 5.69 Å². The van der Waals surface area contributed by atoms with Crippen molar-refractivity contribution >= 4 is 35.0 Å². The Balaban J connectivity index is 1.47. The van der Waals surface area contributed by atoms with E-state index in [0.29, 0.717) is 16.5 Å². The number of hydrogen-bond donors (Lipinski definition) is 1. The van der Waals surface area contributed by atoms with Gasteiger partial charge in [-0.05, 0) is 30.5 Å². The molecule has 1 saturated carbocycles. The summed E-state index contributed by atoms with van der Waals surface area (Å²) in [6, 6.07) is 7.14. The Morgan fingerprint density at radius 1 is 1.31 bits per heavy atom. The third-order valence-corrected chi connectivity index (χ3v) is 6.12. The smallest absolute Gasteiger partial charge is 0.234 e. The predicted molar refractivity (Wildman–Crippen MR) is 107 cm³/mol. The van der Waals surface area contributed by atoms with Crippen LogP contribution in [0.2, 0.25) is 5.02 Å². The molecule has 1 aromatic heterocycles. The molecule has 2 aromatic rings. The molecule has 1 heterocycles. The second-order valence-corrected chi connectivity index (χ2v) is 8.23. The fourth-order valence-electron chi connectivity index (χ4n) is 3.39. The fraction of sp³-hybridized carbons (Fsp3) is 0.526. The Morgan fingerprint density at radius 2 is 2.12 bits per heavy atom. The topological polar surface area (TPSA) is 59.8 Å². The zero-order valence-corrected chi connectivity index (χ0v) is 16.7. The number of halogens is 1. The molecule has 0 bridgehead atoms. The van der Waals surface area contributed by atoms with E-state index in [2.05, 4.69) is 15.5 Å². The van der Waals surface area contributed by atoms with E-state index in [9.17, 15) is 4.79 Å². The molecule has 3 rings (SSSR count). The Morgan fingerprint density at radius 3 is 2.88 bits per heavy atom. The van der Waals surface area contributed by atoms with Crippen molar-refractivity contribution in [1.29, 1.82) is 0 Å². The number of nitrogens with zero attached hydrogens (tertiary/aromatic N) is 3. The van der Waals surface area contributed by atoms with E-state index in [-0.39, 0.29) is 5.91 Å². The van der Waals surface area contributed by atoms with Crippen LogP contribution in [-0.4, -0.2) is 26.4 Å². The summed E-state index contributed by atoms with van der Waals surface area (Å²) in [7, 11) is 1.98. The second-order valence-electron chi connectivity index (χ2n) is 6.85. The number of benzene rings is 1. The lowest BCUT2D eigenvalue weighted by Crippen LogP contribution is -2.14. The van der Waals surface area contributed by atoms with Crippen LogP contribution in [0.1, 0.15) is 44.3 Å². The maximum Gasteiger partial charge on any atom is 0.234 e. The van der Waals surface area contributed by atoms with Crippen LogP contribution >= 0.6 is 23.4 Å². The Hall–Kier alpha value is -1.53.